The van der Waals surface area contributed by atoms with Gasteiger partial charge in [-0.15, -0.1) is 11.3 Å². The number of hydrogen-bond donors (Lipinski definition) is 0. The lowest BCUT2D eigenvalue weighted by Crippen LogP contribution is -2.30. The third-order valence-corrected chi connectivity index (χ3v) is 3.73. The standard InChI is InChI=1S/C14H16N2OS/c1-4-16(12-7-5-6-10(2)8-12)14(17)13-11(3)15-9-18-13/h5-9H,4H2,1-3H3. The van der Waals surface area contributed by atoms with Crippen LogP contribution in [0.5, 0.6) is 0 Å². The van der Waals surface area contributed by atoms with Gasteiger partial charge in [0, 0.05) is 12.2 Å². The van der Waals surface area contributed by atoms with Crippen LogP contribution in [0.25, 0.3) is 0 Å². The number of carbonyl (C=O) groups is 1. The van der Waals surface area contributed by atoms with Crippen LogP contribution in [0.15, 0.2) is 29.8 Å². The molecule has 0 spiro atoms. The van der Waals surface area contributed by atoms with Gasteiger partial charge in [-0.2, -0.15) is 0 Å². The Bertz CT molecular complexity index is 562. The lowest BCUT2D eigenvalue weighted by molar-refractivity contribution is 0.0991. The predicted molar refractivity (Wildman–Crippen MR) is 75.4 cm³/mol. The van der Waals surface area contributed by atoms with Gasteiger partial charge in [-0.05, 0) is 38.5 Å². The molecule has 0 aliphatic rings. The number of carbonyl (C=O) groups excluding carboxylic acids is 1. The molecule has 4 heteroatoms. The van der Waals surface area contributed by atoms with Gasteiger partial charge in [0.25, 0.3) is 5.91 Å². The molecule has 0 bridgehead atoms. The summed E-state index contributed by atoms with van der Waals surface area (Å²) < 4.78 is 0. The second-order valence-electron chi connectivity index (χ2n) is 4.16. The predicted octanol–water partition coefficient (Wildman–Crippen LogP) is 3.43. The molecule has 1 aromatic carbocycles. The van der Waals surface area contributed by atoms with E-state index in [1.54, 1.807) is 10.4 Å². The second-order valence-corrected chi connectivity index (χ2v) is 5.01. The van der Waals surface area contributed by atoms with Crippen molar-refractivity contribution < 1.29 is 4.79 Å². The molecule has 2 aromatic rings. The van der Waals surface area contributed by atoms with Crippen LogP contribution < -0.4 is 4.90 Å². The van der Waals surface area contributed by atoms with Crippen molar-refractivity contribution >= 4 is 22.9 Å². The van der Waals surface area contributed by atoms with Crippen LogP contribution in [0.1, 0.15) is 27.9 Å². The molecule has 0 fully saturated rings. The van der Waals surface area contributed by atoms with Gasteiger partial charge in [0.1, 0.15) is 4.88 Å². The van der Waals surface area contributed by atoms with E-state index < -0.39 is 0 Å². The maximum absolute atomic E-state index is 12.5. The highest BCUT2D eigenvalue weighted by atomic mass is 32.1. The highest BCUT2D eigenvalue weighted by molar-refractivity contribution is 7.12. The molecule has 1 aromatic heterocycles. The van der Waals surface area contributed by atoms with E-state index in [9.17, 15) is 4.79 Å². The minimum Gasteiger partial charge on any atom is -0.308 e. The quantitative estimate of drug-likeness (QED) is 0.847. The van der Waals surface area contributed by atoms with Crippen LogP contribution in [0.3, 0.4) is 0 Å². The lowest BCUT2D eigenvalue weighted by Gasteiger charge is -2.21. The molecule has 0 radical (unpaired) electrons. The maximum Gasteiger partial charge on any atom is 0.270 e. The van der Waals surface area contributed by atoms with Crippen LogP contribution in [0.2, 0.25) is 0 Å². The number of aryl methyl sites for hydroxylation is 2. The fourth-order valence-electron chi connectivity index (χ4n) is 1.87. The van der Waals surface area contributed by atoms with E-state index in [1.165, 1.54) is 11.3 Å². The summed E-state index contributed by atoms with van der Waals surface area (Å²) in [5, 5.41) is 0. The third kappa shape index (κ3) is 2.43. The molecular weight excluding hydrogens is 244 g/mol. The van der Waals surface area contributed by atoms with Crippen molar-refractivity contribution in [2.24, 2.45) is 0 Å². The number of thiazole rings is 1. The third-order valence-electron chi connectivity index (χ3n) is 2.81. The summed E-state index contributed by atoms with van der Waals surface area (Å²) in [6.45, 7) is 6.53. The van der Waals surface area contributed by atoms with Crippen molar-refractivity contribution in [3.05, 3.63) is 45.9 Å². The Kier molecular flexibility index (Phi) is 3.77. The van der Waals surface area contributed by atoms with E-state index in [1.807, 2.05) is 45.0 Å². The number of nitrogens with zero attached hydrogens (tertiary/aromatic N) is 2. The minimum atomic E-state index is 0.0306. The van der Waals surface area contributed by atoms with E-state index in [0.29, 0.717) is 6.54 Å². The number of anilines is 1. The summed E-state index contributed by atoms with van der Waals surface area (Å²) in [7, 11) is 0. The first-order valence-electron chi connectivity index (χ1n) is 5.92. The molecule has 0 N–H and O–H groups in total. The van der Waals surface area contributed by atoms with Crippen LogP contribution in [-0.2, 0) is 0 Å². The molecule has 3 nitrogen and oxygen atoms in total. The summed E-state index contributed by atoms with van der Waals surface area (Å²) in [5.41, 5.74) is 4.61. The smallest absolute Gasteiger partial charge is 0.270 e. The molecule has 0 saturated carbocycles. The van der Waals surface area contributed by atoms with Crippen molar-refractivity contribution in [3.63, 3.8) is 0 Å². The average molecular weight is 260 g/mol. The summed E-state index contributed by atoms with van der Waals surface area (Å²) in [4.78, 5) is 19.1. The number of benzene rings is 1. The first kappa shape index (κ1) is 12.8. The van der Waals surface area contributed by atoms with Gasteiger partial charge in [-0.25, -0.2) is 4.98 Å². The fraction of sp³-hybridized carbons (Fsp3) is 0.286. The number of hydrogen-bond acceptors (Lipinski definition) is 3. The van der Waals surface area contributed by atoms with E-state index >= 15 is 0 Å². The highest BCUT2D eigenvalue weighted by Gasteiger charge is 2.19. The van der Waals surface area contributed by atoms with Crippen molar-refractivity contribution in [2.45, 2.75) is 20.8 Å². The second kappa shape index (κ2) is 5.31. The Hall–Kier alpha value is -1.68. The lowest BCUT2D eigenvalue weighted by atomic mass is 10.2. The monoisotopic (exact) mass is 260 g/mol. The van der Waals surface area contributed by atoms with Gasteiger partial charge in [0.05, 0.1) is 11.2 Å². The van der Waals surface area contributed by atoms with Crippen LogP contribution in [-0.4, -0.2) is 17.4 Å². The molecule has 0 aliphatic carbocycles. The first-order valence-corrected chi connectivity index (χ1v) is 6.80. The van der Waals surface area contributed by atoms with Gasteiger partial charge >= 0.3 is 0 Å². The van der Waals surface area contributed by atoms with Gasteiger partial charge in [-0.1, -0.05) is 12.1 Å². The Balaban J connectivity index is 2.35. The van der Waals surface area contributed by atoms with Gasteiger partial charge in [0.2, 0.25) is 0 Å². The Morgan fingerprint density at radius 3 is 2.72 bits per heavy atom. The van der Waals surface area contributed by atoms with E-state index in [-0.39, 0.29) is 5.91 Å². The van der Waals surface area contributed by atoms with Crippen molar-refractivity contribution in [3.8, 4) is 0 Å². The Morgan fingerprint density at radius 2 is 2.17 bits per heavy atom. The molecule has 0 unspecified atom stereocenters. The topological polar surface area (TPSA) is 33.2 Å². The summed E-state index contributed by atoms with van der Waals surface area (Å²) in [5.74, 6) is 0.0306. The van der Waals surface area contributed by atoms with Crippen molar-refractivity contribution in [1.82, 2.24) is 4.98 Å². The maximum atomic E-state index is 12.5. The first-order chi connectivity index (χ1) is 8.63. The van der Waals surface area contributed by atoms with E-state index in [4.69, 9.17) is 0 Å². The van der Waals surface area contributed by atoms with E-state index in [0.717, 1.165) is 21.8 Å². The van der Waals surface area contributed by atoms with E-state index in [2.05, 4.69) is 4.98 Å². The van der Waals surface area contributed by atoms with Crippen LogP contribution >= 0.6 is 11.3 Å². The summed E-state index contributed by atoms with van der Waals surface area (Å²) in [6, 6.07) is 7.99. The van der Waals surface area contributed by atoms with Gasteiger partial charge in [-0.3, -0.25) is 4.79 Å². The molecule has 1 amide bonds. The summed E-state index contributed by atoms with van der Waals surface area (Å²) >= 11 is 1.40. The molecule has 0 atom stereocenters. The van der Waals surface area contributed by atoms with Gasteiger partial charge < -0.3 is 4.90 Å². The zero-order valence-electron chi connectivity index (χ0n) is 10.8. The number of amides is 1. The fourth-order valence-corrected chi connectivity index (χ4v) is 2.62. The molecule has 2 rings (SSSR count). The van der Waals surface area contributed by atoms with Crippen molar-refractivity contribution in [1.29, 1.82) is 0 Å². The average Bonchev–Trinajstić information content (AvgIpc) is 2.76. The zero-order valence-corrected chi connectivity index (χ0v) is 11.6. The Labute approximate surface area is 111 Å². The zero-order chi connectivity index (χ0) is 13.1. The summed E-state index contributed by atoms with van der Waals surface area (Å²) in [6.07, 6.45) is 0. The normalized spacial score (nSPS) is 10.4. The largest absolute Gasteiger partial charge is 0.308 e. The molecule has 1 heterocycles. The molecular formula is C14H16N2OS. The molecule has 94 valence electrons. The van der Waals surface area contributed by atoms with Gasteiger partial charge in [0.15, 0.2) is 0 Å². The minimum absolute atomic E-state index is 0.0306. The van der Waals surface area contributed by atoms with Crippen LogP contribution in [0.4, 0.5) is 5.69 Å². The number of rotatable bonds is 3. The molecule has 0 saturated heterocycles. The SMILES string of the molecule is CCN(C(=O)c1scnc1C)c1cccc(C)c1. The molecule has 0 aliphatic heterocycles. The van der Waals surface area contributed by atoms with Crippen LogP contribution in [0, 0.1) is 13.8 Å². The highest BCUT2D eigenvalue weighted by Crippen LogP contribution is 2.21. The number of aromatic nitrogens is 1. The van der Waals surface area contributed by atoms with Crippen molar-refractivity contribution in [2.75, 3.05) is 11.4 Å². The molecule has 18 heavy (non-hydrogen) atoms. The Morgan fingerprint density at radius 1 is 1.39 bits per heavy atom.